The van der Waals surface area contributed by atoms with Crippen LogP contribution in [0.15, 0.2) is 35.2 Å². The van der Waals surface area contributed by atoms with Gasteiger partial charge in [0.25, 0.3) is 0 Å². The van der Waals surface area contributed by atoms with Crippen molar-refractivity contribution in [1.82, 2.24) is 10.9 Å². The summed E-state index contributed by atoms with van der Waals surface area (Å²) in [5.41, 5.74) is 11.6. The standard InChI is InChI=1S/C11H17N3O2S2/c1-2-17-11-9(10(12)13-14-11)18(15,16)8-6-4-3-5-7-8/h3-7,9-11,13-14H,2,12H2,1H3. The van der Waals surface area contributed by atoms with Gasteiger partial charge in [-0.25, -0.2) is 19.3 Å². The van der Waals surface area contributed by atoms with Crippen molar-refractivity contribution in [3.8, 4) is 0 Å². The molecule has 1 aromatic rings. The van der Waals surface area contributed by atoms with Crippen LogP contribution in [-0.2, 0) is 9.84 Å². The molecule has 7 heteroatoms. The Morgan fingerprint density at radius 1 is 1.28 bits per heavy atom. The number of rotatable bonds is 4. The average Bonchev–Trinajstić information content (AvgIpc) is 2.73. The highest BCUT2D eigenvalue weighted by Crippen LogP contribution is 2.27. The summed E-state index contributed by atoms with van der Waals surface area (Å²) >= 11 is 1.54. The van der Waals surface area contributed by atoms with Crippen LogP contribution in [-0.4, -0.2) is 31.0 Å². The van der Waals surface area contributed by atoms with Crippen LogP contribution in [0.5, 0.6) is 0 Å². The van der Waals surface area contributed by atoms with Crippen molar-refractivity contribution in [2.45, 2.75) is 28.6 Å². The van der Waals surface area contributed by atoms with E-state index in [1.54, 1.807) is 30.3 Å². The maximum absolute atomic E-state index is 12.6. The van der Waals surface area contributed by atoms with E-state index in [1.165, 1.54) is 11.8 Å². The molecule has 2 rings (SSSR count). The fraction of sp³-hybridized carbons (Fsp3) is 0.455. The Morgan fingerprint density at radius 2 is 1.94 bits per heavy atom. The van der Waals surface area contributed by atoms with Crippen molar-refractivity contribution in [2.24, 2.45) is 5.73 Å². The number of nitrogens with two attached hydrogens (primary N) is 1. The summed E-state index contributed by atoms with van der Waals surface area (Å²) in [6.07, 6.45) is -0.598. The van der Waals surface area contributed by atoms with Crippen LogP contribution in [0.3, 0.4) is 0 Å². The minimum absolute atomic E-state index is 0.227. The van der Waals surface area contributed by atoms with Gasteiger partial charge in [-0.2, -0.15) is 0 Å². The zero-order valence-electron chi connectivity index (χ0n) is 10.0. The van der Waals surface area contributed by atoms with E-state index in [0.29, 0.717) is 4.90 Å². The monoisotopic (exact) mass is 287 g/mol. The van der Waals surface area contributed by atoms with Gasteiger partial charge in [0.2, 0.25) is 0 Å². The summed E-state index contributed by atoms with van der Waals surface area (Å²) in [7, 11) is -3.43. The largest absolute Gasteiger partial charge is 0.314 e. The number of hydrogen-bond acceptors (Lipinski definition) is 6. The van der Waals surface area contributed by atoms with Gasteiger partial charge in [-0.3, -0.25) is 0 Å². The molecule has 0 aliphatic carbocycles. The molecule has 3 atom stereocenters. The summed E-state index contributed by atoms with van der Waals surface area (Å²) in [5, 5.41) is -0.889. The maximum atomic E-state index is 12.6. The van der Waals surface area contributed by atoms with Crippen LogP contribution in [0.1, 0.15) is 6.92 Å². The van der Waals surface area contributed by atoms with E-state index in [0.717, 1.165) is 5.75 Å². The van der Waals surface area contributed by atoms with Crippen molar-refractivity contribution in [3.63, 3.8) is 0 Å². The quantitative estimate of drug-likeness (QED) is 0.739. The molecule has 1 aliphatic heterocycles. The van der Waals surface area contributed by atoms with E-state index < -0.39 is 21.3 Å². The second kappa shape index (κ2) is 5.58. The Hall–Kier alpha value is -0.600. The lowest BCUT2D eigenvalue weighted by Crippen LogP contribution is -2.45. The molecule has 1 saturated heterocycles. The van der Waals surface area contributed by atoms with Gasteiger partial charge in [-0.05, 0) is 17.9 Å². The smallest absolute Gasteiger partial charge is 0.186 e. The minimum Gasteiger partial charge on any atom is -0.314 e. The predicted octanol–water partition coefficient (Wildman–Crippen LogP) is 0.301. The van der Waals surface area contributed by atoms with Crippen LogP contribution in [0.25, 0.3) is 0 Å². The van der Waals surface area contributed by atoms with E-state index in [1.807, 2.05) is 6.92 Å². The molecule has 4 N–H and O–H groups in total. The fourth-order valence-electron chi connectivity index (χ4n) is 1.97. The molecule has 18 heavy (non-hydrogen) atoms. The zero-order chi connectivity index (χ0) is 13.2. The van der Waals surface area contributed by atoms with Crippen LogP contribution in [0.2, 0.25) is 0 Å². The number of hydrogen-bond donors (Lipinski definition) is 3. The lowest BCUT2D eigenvalue weighted by atomic mass is 10.4. The second-order valence-corrected chi connectivity index (χ2v) is 7.54. The number of thioether (sulfide) groups is 1. The molecule has 0 spiro atoms. The fourth-order valence-corrected chi connectivity index (χ4v) is 5.21. The second-order valence-electron chi connectivity index (χ2n) is 4.01. The average molecular weight is 287 g/mol. The van der Waals surface area contributed by atoms with Crippen LogP contribution in [0, 0.1) is 0 Å². The number of sulfone groups is 1. The van der Waals surface area contributed by atoms with Crippen molar-refractivity contribution in [1.29, 1.82) is 0 Å². The van der Waals surface area contributed by atoms with Crippen molar-refractivity contribution in [2.75, 3.05) is 5.75 Å². The molecular formula is C11H17N3O2S2. The first-order valence-corrected chi connectivity index (χ1v) is 8.34. The summed E-state index contributed by atoms with van der Waals surface area (Å²) < 4.78 is 25.1. The van der Waals surface area contributed by atoms with E-state index in [4.69, 9.17) is 5.73 Å². The molecule has 3 unspecified atom stereocenters. The number of nitrogens with one attached hydrogen (secondary N) is 2. The topological polar surface area (TPSA) is 84.2 Å². The highest BCUT2D eigenvalue weighted by molar-refractivity contribution is 8.01. The van der Waals surface area contributed by atoms with Crippen molar-refractivity contribution >= 4 is 21.6 Å². The third-order valence-electron chi connectivity index (χ3n) is 2.82. The molecule has 1 aromatic carbocycles. The first-order chi connectivity index (χ1) is 8.57. The van der Waals surface area contributed by atoms with Crippen LogP contribution in [0.4, 0.5) is 0 Å². The van der Waals surface area contributed by atoms with Gasteiger partial charge in [0.05, 0.1) is 16.4 Å². The summed E-state index contributed by atoms with van der Waals surface area (Å²) in [6, 6.07) is 8.44. The molecule has 0 aromatic heterocycles. The normalized spacial score (nSPS) is 28.4. The number of hydrazine groups is 1. The Morgan fingerprint density at radius 3 is 2.56 bits per heavy atom. The van der Waals surface area contributed by atoms with E-state index in [2.05, 4.69) is 10.9 Å². The predicted molar refractivity (Wildman–Crippen MR) is 73.6 cm³/mol. The van der Waals surface area contributed by atoms with Crippen molar-refractivity contribution < 1.29 is 8.42 Å². The van der Waals surface area contributed by atoms with Gasteiger partial charge < -0.3 is 5.73 Å². The molecule has 1 heterocycles. The van der Waals surface area contributed by atoms with Gasteiger partial charge in [-0.15, -0.1) is 11.8 Å². The number of benzene rings is 1. The van der Waals surface area contributed by atoms with Crippen molar-refractivity contribution in [3.05, 3.63) is 30.3 Å². The third kappa shape index (κ3) is 2.55. The highest BCUT2D eigenvalue weighted by atomic mass is 32.2. The lowest BCUT2D eigenvalue weighted by Gasteiger charge is -2.20. The van der Waals surface area contributed by atoms with E-state index in [-0.39, 0.29) is 5.37 Å². The van der Waals surface area contributed by atoms with E-state index in [9.17, 15) is 8.42 Å². The van der Waals surface area contributed by atoms with E-state index >= 15 is 0 Å². The first-order valence-electron chi connectivity index (χ1n) is 5.74. The Bertz CT molecular complexity index is 490. The summed E-state index contributed by atoms with van der Waals surface area (Å²) in [4.78, 5) is 0.317. The van der Waals surface area contributed by atoms with Gasteiger partial charge in [0, 0.05) is 0 Å². The first kappa shape index (κ1) is 13.8. The molecule has 0 amide bonds. The molecule has 0 bridgehead atoms. The Kier molecular flexibility index (Phi) is 4.29. The zero-order valence-corrected chi connectivity index (χ0v) is 11.7. The minimum atomic E-state index is -3.43. The maximum Gasteiger partial charge on any atom is 0.186 e. The Labute approximate surface area is 111 Å². The lowest BCUT2D eigenvalue weighted by molar-refractivity contribution is 0.549. The van der Waals surface area contributed by atoms with Gasteiger partial charge in [-0.1, -0.05) is 25.1 Å². The SMILES string of the molecule is CCSC1NNC(N)C1S(=O)(=O)c1ccccc1. The summed E-state index contributed by atoms with van der Waals surface area (Å²) in [5.74, 6) is 0.826. The molecule has 1 fully saturated rings. The molecular weight excluding hydrogens is 270 g/mol. The van der Waals surface area contributed by atoms with Gasteiger partial charge in [0.15, 0.2) is 9.84 Å². The molecule has 100 valence electrons. The highest BCUT2D eigenvalue weighted by Gasteiger charge is 2.43. The van der Waals surface area contributed by atoms with Gasteiger partial charge >= 0.3 is 0 Å². The molecule has 0 saturated carbocycles. The van der Waals surface area contributed by atoms with Gasteiger partial charge in [0.1, 0.15) is 5.25 Å². The molecule has 5 nitrogen and oxygen atoms in total. The third-order valence-corrected chi connectivity index (χ3v) is 6.31. The van der Waals surface area contributed by atoms with Crippen LogP contribution < -0.4 is 16.6 Å². The Balaban J connectivity index is 2.34. The summed E-state index contributed by atoms with van der Waals surface area (Å²) in [6.45, 7) is 1.99. The molecule has 1 aliphatic rings. The molecule has 0 radical (unpaired) electrons. The van der Waals surface area contributed by atoms with Crippen LogP contribution >= 0.6 is 11.8 Å².